The molecule has 0 fully saturated rings. The van der Waals surface area contributed by atoms with Crippen molar-refractivity contribution in [1.29, 1.82) is 0 Å². The molecule has 0 radical (unpaired) electrons. The first-order chi connectivity index (χ1) is 7.58. The van der Waals surface area contributed by atoms with Crippen LogP contribution in [0.1, 0.15) is 11.3 Å². The summed E-state index contributed by atoms with van der Waals surface area (Å²) in [7, 11) is 0. The van der Waals surface area contributed by atoms with Crippen molar-refractivity contribution < 1.29 is 4.39 Å². The van der Waals surface area contributed by atoms with Crippen LogP contribution in [-0.4, -0.2) is 9.55 Å². The summed E-state index contributed by atoms with van der Waals surface area (Å²) in [6.45, 7) is 2.53. The Morgan fingerprint density at radius 2 is 2.25 bits per heavy atom. The van der Waals surface area contributed by atoms with Crippen molar-refractivity contribution in [2.24, 2.45) is 0 Å². The molecule has 0 bridgehead atoms. The molecule has 0 aliphatic heterocycles. The normalized spacial score (nSPS) is 10.7. The minimum Gasteiger partial charge on any atom is -0.369 e. The van der Waals surface area contributed by atoms with Gasteiger partial charge in [0.25, 0.3) is 0 Å². The summed E-state index contributed by atoms with van der Waals surface area (Å²) in [4.78, 5) is 4.01. The molecule has 0 aliphatic carbocycles. The van der Waals surface area contributed by atoms with Crippen LogP contribution in [0.5, 0.6) is 0 Å². The molecule has 1 aromatic carbocycles. The summed E-state index contributed by atoms with van der Waals surface area (Å²) < 4.78 is 15.4. The van der Waals surface area contributed by atoms with Gasteiger partial charge in [0.1, 0.15) is 5.82 Å². The van der Waals surface area contributed by atoms with Crippen LogP contribution < -0.4 is 5.73 Å². The SMILES string of the molecule is Cc1cnc(N)n1Cc1ccc(F)c(Br)c1. The summed E-state index contributed by atoms with van der Waals surface area (Å²) in [5.74, 6) is 0.206. The first-order valence-corrected chi connectivity index (χ1v) is 5.59. The van der Waals surface area contributed by atoms with Crippen LogP contribution in [0, 0.1) is 12.7 Å². The monoisotopic (exact) mass is 283 g/mol. The van der Waals surface area contributed by atoms with E-state index >= 15 is 0 Å². The fourth-order valence-corrected chi connectivity index (χ4v) is 1.93. The lowest BCUT2D eigenvalue weighted by Crippen LogP contribution is -2.06. The minimum atomic E-state index is -0.265. The molecule has 0 saturated heterocycles. The molecule has 5 heteroatoms. The van der Waals surface area contributed by atoms with Crippen molar-refractivity contribution in [3.05, 3.63) is 45.9 Å². The third-order valence-electron chi connectivity index (χ3n) is 2.41. The van der Waals surface area contributed by atoms with Crippen LogP contribution in [-0.2, 0) is 6.54 Å². The Labute approximate surface area is 101 Å². The number of aryl methyl sites for hydroxylation is 1. The molecule has 84 valence electrons. The van der Waals surface area contributed by atoms with Gasteiger partial charge in [0.2, 0.25) is 5.95 Å². The molecule has 1 aromatic heterocycles. The van der Waals surface area contributed by atoms with E-state index < -0.39 is 0 Å². The minimum absolute atomic E-state index is 0.265. The number of halogens is 2. The molecule has 0 saturated carbocycles. The van der Waals surface area contributed by atoms with Gasteiger partial charge in [0.05, 0.1) is 17.2 Å². The first-order valence-electron chi connectivity index (χ1n) is 4.79. The number of aromatic nitrogens is 2. The molecule has 0 atom stereocenters. The van der Waals surface area contributed by atoms with Gasteiger partial charge < -0.3 is 10.3 Å². The number of rotatable bonds is 2. The van der Waals surface area contributed by atoms with E-state index in [1.807, 2.05) is 11.5 Å². The highest BCUT2D eigenvalue weighted by molar-refractivity contribution is 9.10. The molecule has 2 rings (SSSR count). The second-order valence-corrected chi connectivity index (χ2v) is 4.45. The predicted molar refractivity (Wildman–Crippen MR) is 64.6 cm³/mol. The van der Waals surface area contributed by atoms with Gasteiger partial charge >= 0.3 is 0 Å². The molecule has 0 amide bonds. The maximum Gasteiger partial charge on any atom is 0.200 e. The predicted octanol–water partition coefficient (Wildman–Crippen LogP) is 2.72. The zero-order valence-electron chi connectivity index (χ0n) is 8.74. The lowest BCUT2D eigenvalue weighted by molar-refractivity contribution is 0.619. The highest BCUT2D eigenvalue weighted by Gasteiger charge is 2.06. The zero-order chi connectivity index (χ0) is 11.7. The quantitative estimate of drug-likeness (QED) is 0.921. The van der Waals surface area contributed by atoms with Gasteiger partial charge in [-0.3, -0.25) is 0 Å². The number of nitrogens with two attached hydrogens (primary N) is 1. The zero-order valence-corrected chi connectivity index (χ0v) is 10.3. The molecule has 2 aromatic rings. The highest BCUT2D eigenvalue weighted by Crippen LogP contribution is 2.18. The van der Waals surface area contributed by atoms with E-state index in [1.54, 1.807) is 18.3 Å². The topological polar surface area (TPSA) is 43.8 Å². The average molecular weight is 284 g/mol. The Balaban J connectivity index is 2.31. The van der Waals surface area contributed by atoms with Crippen LogP contribution >= 0.6 is 15.9 Å². The summed E-state index contributed by atoms with van der Waals surface area (Å²) >= 11 is 3.16. The fourth-order valence-electron chi connectivity index (χ4n) is 1.51. The van der Waals surface area contributed by atoms with E-state index in [2.05, 4.69) is 20.9 Å². The molecule has 0 unspecified atom stereocenters. The van der Waals surface area contributed by atoms with Crippen molar-refractivity contribution in [2.75, 3.05) is 5.73 Å². The Kier molecular flexibility index (Phi) is 2.96. The van der Waals surface area contributed by atoms with E-state index in [1.165, 1.54) is 6.07 Å². The maximum absolute atomic E-state index is 13.0. The summed E-state index contributed by atoms with van der Waals surface area (Å²) in [5.41, 5.74) is 7.68. The molecule has 16 heavy (non-hydrogen) atoms. The molecule has 0 spiro atoms. The Hall–Kier alpha value is -1.36. The van der Waals surface area contributed by atoms with E-state index in [4.69, 9.17) is 5.73 Å². The van der Waals surface area contributed by atoms with Crippen LogP contribution in [0.3, 0.4) is 0 Å². The molecule has 2 N–H and O–H groups in total. The number of nitrogens with zero attached hydrogens (tertiary/aromatic N) is 2. The van der Waals surface area contributed by atoms with Gasteiger partial charge in [-0.15, -0.1) is 0 Å². The Bertz CT molecular complexity index is 502. The van der Waals surface area contributed by atoms with Crippen LogP contribution in [0.2, 0.25) is 0 Å². The summed E-state index contributed by atoms with van der Waals surface area (Å²) in [5, 5.41) is 0. The fraction of sp³-hybridized carbons (Fsp3) is 0.182. The number of imidazole rings is 1. The van der Waals surface area contributed by atoms with E-state index in [9.17, 15) is 4.39 Å². The van der Waals surface area contributed by atoms with E-state index in [-0.39, 0.29) is 5.82 Å². The smallest absolute Gasteiger partial charge is 0.200 e. The van der Waals surface area contributed by atoms with Gasteiger partial charge in [-0.2, -0.15) is 0 Å². The molecule has 0 aliphatic rings. The number of hydrogen-bond acceptors (Lipinski definition) is 2. The first kappa shape index (κ1) is 11.1. The Morgan fingerprint density at radius 1 is 1.50 bits per heavy atom. The maximum atomic E-state index is 13.0. The molecule has 1 heterocycles. The van der Waals surface area contributed by atoms with Gasteiger partial charge in [0.15, 0.2) is 0 Å². The van der Waals surface area contributed by atoms with Crippen LogP contribution in [0.25, 0.3) is 0 Å². The number of anilines is 1. The second kappa shape index (κ2) is 4.25. The van der Waals surface area contributed by atoms with Gasteiger partial charge in [0, 0.05) is 5.69 Å². The van der Waals surface area contributed by atoms with Crippen molar-refractivity contribution in [3.8, 4) is 0 Å². The van der Waals surface area contributed by atoms with E-state index in [0.717, 1.165) is 11.3 Å². The van der Waals surface area contributed by atoms with Gasteiger partial charge in [-0.25, -0.2) is 9.37 Å². The van der Waals surface area contributed by atoms with Crippen molar-refractivity contribution >= 4 is 21.9 Å². The van der Waals surface area contributed by atoms with Gasteiger partial charge in [-0.05, 0) is 40.5 Å². The third kappa shape index (κ3) is 2.09. The second-order valence-electron chi connectivity index (χ2n) is 3.59. The third-order valence-corrected chi connectivity index (χ3v) is 3.02. The van der Waals surface area contributed by atoms with Gasteiger partial charge in [-0.1, -0.05) is 6.07 Å². The van der Waals surface area contributed by atoms with Crippen LogP contribution in [0.15, 0.2) is 28.9 Å². The van der Waals surface area contributed by atoms with Crippen LogP contribution in [0.4, 0.5) is 10.3 Å². The lowest BCUT2D eigenvalue weighted by Gasteiger charge is -2.08. The average Bonchev–Trinajstić information content (AvgIpc) is 2.55. The lowest BCUT2D eigenvalue weighted by atomic mass is 10.2. The summed E-state index contributed by atoms with van der Waals surface area (Å²) in [6.07, 6.45) is 1.72. The van der Waals surface area contributed by atoms with Crippen molar-refractivity contribution in [3.63, 3.8) is 0 Å². The Morgan fingerprint density at radius 3 is 2.81 bits per heavy atom. The molecular formula is C11H11BrFN3. The number of benzene rings is 1. The van der Waals surface area contributed by atoms with E-state index in [0.29, 0.717) is 17.0 Å². The van der Waals surface area contributed by atoms with Crippen molar-refractivity contribution in [1.82, 2.24) is 9.55 Å². The summed E-state index contributed by atoms with van der Waals surface area (Å²) in [6, 6.07) is 4.91. The standard InChI is InChI=1S/C11H11BrFN3/c1-7-5-15-11(14)16(7)6-8-2-3-10(13)9(12)4-8/h2-5H,6H2,1H3,(H2,14,15). The molecule has 3 nitrogen and oxygen atoms in total. The van der Waals surface area contributed by atoms with Crippen molar-refractivity contribution in [2.45, 2.75) is 13.5 Å². The largest absolute Gasteiger partial charge is 0.369 e. The highest BCUT2D eigenvalue weighted by atomic mass is 79.9. The molecular weight excluding hydrogens is 273 g/mol. The number of hydrogen-bond donors (Lipinski definition) is 1. The number of nitrogen functional groups attached to an aromatic ring is 1.